The standard InChI is InChI=1S/C13H21F3O2/c1-3-6-11(4-2)7-8-12(17)18-10-5-9-13(14,15)16/h3,11H,1,4-10H2,2H3. The Bertz CT molecular complexity index is 249. The zero-order valence-electron chi connectivity index (χ0n) is 10.8. The van der Waals surface area contributed by atoms with Gasteiger partial charge in [-0.3, -0.25) is 4.79 Å². The van der Waals surface area contributed by atoms with E-state index in [1.165, 1.54) is 0 Å². The number of carbonyl (C=O) groups excluding carboxylic acids is 1. The van der Waals surface area contributed by atoms with Gasteiger partial charge in [-0.05, 0) is 25.2 Å². The second-order valence-corrected chi connectivity index (χ2v) is 4.28. The van der Waals surface area contributed by atoms with E-state index in [0.717, 1.165) is 12.8 Å². The maximum atomic E-state index is 11.8. The molecular weight excluding hydrogens is 245 g/mol. The van der Waals surface area contributed by atoms with Crippen LogP contribution in [0.2, 0.25) is 0 Å². The van der Waals surface area contributed by atoms with Gasteiger partial charge >= 0.3 is 12.1 Å². The minimum Gasteiger partial charge on any atom is -0.466 e. The zero-order valence-corrected chi connectivity index (χ0v) is 10.8. The fourth-order valence-electron chi connectivity index (χ4n) is 1.58. The van der Waals surface area contributed by atoms with Crippen molar-refractivity contribution in [3.8, 4) is 0 Å². The highest BCUT2D eigenvalue weighted by Gasteiger charge is 2.26. The zero-order chi connectivity index (χ0) is 14.0. The van der Waals surface area contributed by atoms with Crippen molar-refractivity contribution in [2.75, 3.05) is 6.61 Å². The summed E-state index contributed by atoms with van der Waals surface area (Å²) in [6, 6.07) is 0. The number of alkyl halides is 3. The molecule has 0 amide bonds. The van der Waals surface area contributed by atoms with Crippen molar-refractivity contribution >= 4 is 5.97 Å². The van der Waals surface area contributed by atoms with Gasteiger partial charge in [-0.1, -0.05) is 19.4 Å². The van der Waals surface area contributed by atoms with Crippen LogP contribution in [0.3, 0.4) is 0 Å². The molecule has 2 nitrogen and oxygen atoms in total. The van der Waals surface area contributed by atoms with Gasteiger partial charge in [-0.2, -0.15) is 13.2 Å². The molecule has 0 aliphatic rings. The van der Waals surface area contributed by atoms with Crippen LogP contribution in [-0.2, 0) is 9.53 Å². The predicted molar refractivity (Wildman–Crippen MR) is 64.1 cm³/mol. The Kier molecular flexibility index (Phi) is 8.50. The van der Waals surface area contributed by atoms with Crippen LogP contribution in [0.15, 0.2) is 12.7 Å². The van der Waals surface area contributed by atoms with Crippen molar-refractivity contribution in [1.82, 2.24) is 0 Å². The molecule has 5 heteroatoms. The quantitative estimate of drug-likeness (QED) is 0.354. The van der Waals surface area contributed by atoms with Crippen molar-refractivity contribution in [2.45, 2.75) is 51.6 Å². The summed E-state index contributed by atoms with van der Waals surface area (Å²) in [4.78, 5) is 11.3. The molecule has 106 valence electrons. The summed E-state index contributed by atoms with van der Waals surface area (Å²) < 4.78 is 40.2. The van der Waals surface area contributed by atoms with Crippen LogP contribution in [0.4, 0.5) is 13.2 Å². The molecule has 0 aliphatic heterocycles. The Labute approximate surface area is 106 Å². The minimum absolute atomic E-state index is 0.156. The maximum absolute atomic E-state index is 11.8. The molecule has 0 rings (SSSR count). The summed E-state index contributed by atoms with van der Waals surface area (Å²) >= 11 is 0. The molecule has 1 unspecified atom stereocenters. The molecule has 0 N–H and O–H groups in total. The number of halogens is 3. The lowest BCUT2D eigenvalue weighted by molar-refractivity contribution is -0.150. The van der Waals surface area contributed by atoms with Crippen molar-refractivity contribution in [3.63, 3.8) is 0 Å². The Morgan fingerprint density at radius 2 is 2.11 bits per heavy atom. The SMILES string of the molecule is C=CCC(CC)CCC(=O)OCCCC(F)(F)F. The molecular formula is C13H21F3O2. The first-order valence-corrected chi connectivity index (χ1v) is 6.22. The number of rotatable bonds is 9. The van der Waals surface area contributed by atoms with E-state index in [-0.39, 0.29) is 19.4 Å². The van der Waals surface area contributed by atoms with Gasteiger partial charge in [-0.15, -0.1) is 6.58 Å². The monoisotopic (exact) mass is 266 g/mol. The van der Waals surface area contributed by atoms with Crippen molar-refractivity contribution in [1.29, 1.82) is 0 Å². The van der Waals surface area contributed by atoms with Gasteiger partial charge in [0.25, 0.3) is 0 Å². The van der Waals surface area contributed by atoms with E-state index in [4.69, 9.17) is 4.74 Å². The second-order valence-electron chi connectivity index (χ2n) is 4.28. The van der Waals surface area contributed by atoms with Crippen molar-refractivity contribution in [3.05, 3.63) is 12.7 Å². The Hall–Kier alpha value is -1.00. The molecule has 0 aliphatic carbocycles. The molecule has 18 heavy (non-hydrogen) atoms. The normalized spacial score (nSPS) is 13.1. The lowest BCUT2D eigenvalue weighted by Crippen LogP contribution is -2.12. The average molecular weight is 266 g/mol. The number of hydrogen-bond donors (Lipinski definition) is 0. The first-order chi connectivity index (χ1) is 8.39. The first kappa shape index (κ1) is 17.0. The number of esters is 1. The molecule has 0 saturated heterocycles. The van der Waals surface area contributed by atoms with Crippen LogP contribution >= 0.6 is 0 Å². The second kappa shape index (κ2) is 9.00. The summed E-state index contributed by atoms with van der Waals surface area (Å²) in [5.74, 6) is -0.0232. The highest BCUT2D eigenvalue weighted by Crippen LogP contribution is 2.21. The van der Waals surface area contributed by atoms with Crippen LogP contribution in [0.5, 0.6) is 0 Å². The summed E-state index contributed by atoms with van der Waals surface area (Å²) in [5.41, 5.74) is 0. The average Bonchev–Trinajstić information content (AvgIpc) is 2.29. The van der Waals surface area contributed by atoms with E-state index in [2.05, 4.69) is 6.58 Å². The molecule has 0 aromatic carbocycles. The Morgan fingerprint density at radius 1 is 1.44 bits per heavy atom. The van der Waals surface area contributed by atoms with E-state index in [1.807, 2.05) is 13.0 Å². The molecule has 0 aromatic rings. The number of hydrogen-bond acceptors (Lipinski definition) is 2. The third-order valence-corrected chi connectivity index (χ3v) is 2.70. The van der Waals surface area contributed by atoms with Gasteiger partial charge in [0.15, 0.2) is 0 Å². The third kappa shape index (κ3) is 10.2. The van der Waals surface area contributed by atoms with E-state index in [0.29, 0.717) is 12.3 Å². The molecule has 0 fully saturated rings. The van der Waals surface area contributed by atoms with E-state index >= 15 is 0 Å². The number of allylic oxidation sites excluding steroid dienone is 1. The first-order valence-electron chi connectivity index (χ1n) is 6.22. The van der Waals surface area contributed by atoms with Crippen LogP contribution in [0, 0.1) is 5.92 Å². The van der Waals surface area contributed by atoms with E-state index < -0.39 is 18.6 Å². The molecule has 0 radical (unpaired) electrons. The van der Waals surface area contributed by atoms with Crippen molar-refractivity contribution < 1.29 is 22.7 Å². The lowest BCUT2D eigenvalue weighted by atomic mass is 9.97. The summed E-state index contributed by atoms with van der Waals surface area (Å²) in [6.45, 7) is 5.51. The highest BCUT2D eigenvalue weighted by atomic mass is 19.4. The van der Waals surface area contributed by atoms with Gasteiger partial charge in [0.1, 0.15) is 0 Å². The lowest BCUT2D eigenvalue weighted by Gasteiger charge is -2.12. The Morgan fingerprint density at radius 3 is 2.61 bits per heavy atom. The highest BCUT2D eigenvalue weighted by molar-refractivity contribution is 5.69. The number of carbonyl (C=O) groups is 1. The van der Waals surface area contributed by atoms with Crippen LogP contribution in [0.25, 0.3) is 0 Å². The summed E-state index contributed by atoms with van der Waals surface area (Å²) in [5, 5.41) is 0. The summed E-state index contributed by atoms with van der Waals surface area (Å²) in [6.07, 6.45) is -0.690. The van der Waals surface area contributed by atoms with Gasteiger partial charge in [0.05, 0.1) is 6.61 Å². The van der Waals surface area contributed by atoms with Gasteiger partial charge in [0, 0.05) is 12.8 Å². The molecule has 0 aromatic heterocycles. The fraction of sp³-hybridized carbons (Fsp3) is 0.769. The predicted octanol–water partition coefficient (Wildman–Crippen LogP) is 4.25. The molecule has 0 heterocycles. The van der Waals surface area contributed by atoms with Gasteiger partial charge in [-0.25, -0.2) is 0 Å². The van der Waals surface area contributed by atoms with Crippen LogP contribution in [-0.4, -0.2) is 18.8 Å². The molecule has 0 bridgehead atoms. The largest absolute Gasteiger partial charge is 0.466 e. The van der Waals surface area contributed by atoms with E-state index in [1.54, 1.807) is 0 Å². The van der Waals surface area contributed by atoms with Crippen LogP contribution < -0.4 is 0 Å². The molecule has 1 atom stereocenters. The molecule has 0 spiro atoms. The van der Waals surface area contributed by atoms with Gasteiger partial charge in [0.2, 0.25) is 0 Å². The fourth-order valence-corrected chi connectivity index (χ4v) is 1.58. The third-order valence-electron chi connectivity index (χ3n) is 2.70. The maximum Gasteiger partial charge on any atom is 0.389 e. The molecule has 0 saturated carbocycles. The van der Waals surface area contributed by atoms with Gasteiger partial charge < -0.3 is 4.74 Å². The number of ether oxygens (including phenoxy) is 1. The smallest absolute Gasteiger partial charge is 0.389 e. The minimum atomic E-state index is -4.18. The van der Waals surface area contributed by atoms with Crippen molar-refractivity contribution in [2.24, 2.45) is 5.92 Å². The van der Waals surface area contributed by atoms with E-state index in [9.17, 15) is 18.0 Å². The topological polar surface area (TPSA) is 26.3 Å². The Balaban J connectivity index is 3.62. The summed E-state index contributed by atoms with van der Waals surface area (Å²) in [7, 11) is 0. The van der Waals surface area contributed by atoms with Crippen LogP contribution in [0.1, 0.15) is 45.4 Å².